The van der Waals surface area contributed by atoms with Gasteiger partial charge in [-0.3, -0.25) is 9.59 Å². The number of amides is 3. The Morgan fingerprint density at radius 2 is 1.74 bits per heavy atom. The molecule has 3 atom stereocenters. The molecule has 1 aromatic rings. The predicted octanol–water partition coefficient (Wildman–Crippen LogP) is 3.55. The highest BCUT2D eigenvalue weighted by Crippen LogP contribution is 2.25. The van der Waals surface area contributed by atoms with Gasteiger partial charge in [0.1, 0.15) is 17.7 Å². The van der Waals surface area contributed by atoms with Gasteiger partial charge in [0.2, 0.25) is 11.8 Å². The first-order valence-electron chi connectivity index (χ1n) is 11.7. The fourth-order valence-electron chi connectivity index (χ4n) is 3.76. The van der Waals surface area contributed by atoms with Crippen molar-refractivity contribution in [2.45, 2.75) is 85.0 Å². The standard InChI is InChI=1S/C26H41N3O5/c1-9-11-19(5)27-23(31)22(20-14-17(3)13-18(4)15-20)29(12-10-2)24(32)21(16-30)28-25(33)34-26(6,7)8/h10,13-15,19,21-22,30H,2,9,11-12,16H2,1,3-8H3,(H,27,31)(H,28,33). The summed E-state index contributed by atoms with van der Waals surface area (Å²) in [7, 11) is 0. The zero-order chi connectivity index (χ0) is 26.1. The minimum absolute atomic E-state index is 0.0402. The molecule has 0 saturated heterocycles. The third-order valence-electron chi connectivity index (χ3n) is 5.01. The molecular formula is C26H41N3O5. The summed E-state index contributed by atoms with van der Waals surface area (Å²) in [6.07, 6.45) is 2.37. The van der Waals surface area contributed by atoms with Crippen LogP contribution < -0.4 is 10.6 Å². The molecule has 1 rings (SSSR count). The molecule has 3 amide bonds. The Bertz CT molecular complexity index is 842. The molecule has 3 N–H and O–H groups in total. The summed E-state index contributed by atoms with van der Waals surface area (Å²) in [5.41, 5.74) is 1.77. The van der Waals surface area contributed by atoms with E-state index in [4.69, 9.17) is 4.74 Å². The number of carbonyl (C=O) groups excluding carboxylic acids is 3. The van der Waals surface area contributed by atoms with E-state index < -0.39 is 36.3 Å². The maximum Gasteiger partial charge on any atom is 0.408 e. The molecule has 0 bridgehead atoms. The van der Waals surface area contributed by atoms with E-state index in [-0.39, 0.29) is 18.5 Å². The van der Waals surface area contributed by atoms with Gasteiger partial charge < -0.3 is 25.4 Å². The van der Waals surface area contributed by atoms with Gasteiger partial charge in [0.05, 0.1) is 6.61 Å². The number of rotatable bonds is 11. The molecule has 190 valence electrons. The topological polar surface area (TPSA) is 108 Å². The van der Waals surface area contributed by atoms with E-state index in [1.54, 1.807) is 20.8 Å². The van der Waals surface area contributed by atoms with Gasteiger partial charge >= 0.3 is 6.09 Å². The van der Waals surface area contributed by atoms with Crippen molar-refractivity contribution in [3.63, 3.8) is 0 Å². The maximum atomic E-state index is 13.5. The van der Waals surface area contributed by atoms with E-state index in [2.05, 4.69) is 17.2 Å². The molecule has 34 heavy (non-hydrogen) atoms. The quantitative estimate of drug-likeness (QED) is 0.424. The average Bonchev–Trinajstić information content (AvgIpc) is 2.69. The highest BCUT2D eigenvalue weighted by molar-refractivity contribution is 5.92. The molecule has 3 unspecified atom stereocenters. The summed E-state index contributed by atoms with van der Waals surface area (Å²) < 4.78 is 5.23. The Morgan fingerprint density at radius 1 is 1.15 bits per heavy atom. The second-order valence-electron chi connectivity index (χ2n) is 9.68. The molecule has 1 aromatic carbocycles. The molecule has 0 aliphatic carbocycles. The van der Waals surface area contributed by atoms with Crippen molar-refractivity contribution in [3.8, 4) is 0 Å². The number of ether oxygens (including phenoxy) is 1. The van der Waals surface area contributed by atoms with Crippen molar-refractivity contribution in [1.29, 1.82) is 0 Å². The minimum Gasteiger partial charge on any atom is -0.444 e. The Hall–Kier alpha value is -2.87. The predicted molar refractivity (Wildman–Crippen MR) is 133 cm³/mol. The number of hydrogen-bond acceptors (Lipinski definition) is 5. The Morgan fingerprint density at radius 3 is 2.21 bits per heavy atom. The van der Waals surface area contributed by atoms with Crippen LogP contribution in [0.4, 0.5) is 4.79 Å². The van der Waals surface area contributed by atoms with Gasteiger partial charge in [0, 0.05) is 12.6 Å². The largest absolute Gasteiger partial charge is 0.444 e. The van der Waals surface area contributed by atoms with E-state index >= 15 is 0 Å². The molecule has 0 aliphatic rings. The van der Waals surface area contributed by atoms with Crippen LogP contribution in [-0.2, 0) is 14.3 Å². The maximum absolute atomic E-state index is 13.5. The fraction of sp³-hybridized carbons (Fsp3) is 0.577. The van der Waals surface area contributed by atoms with Gasteiger partial charge in [-0.15, -0.1) is 6.58 Å². The van der Waals surface area contributed by atoms with Crippen LogP contribution in [-0.4, -0.2) is 58.8 Å². The zero-order valence-corrected chi connectivity index (χ0v) is 21.6. The molecule has 0 aromatic heterocycles. The lowest BCUT2D eigenvalue weighted by Crippen LogP contribution is -2.54. The van der Waals surface area contributed by atoms with Crippen molar-refractivity contribution in [3.05, 3.63) is 47.5 Å². The Kier molecular flexibility index (Phi) is 11.3. The number of carbonyl (C=O) groups is 3. The van der Waals surface area contributed by atoms with Crippen LogP contribution in [0.1, 0.15) is 70.2 Å². The van der Waals surface area contributed by atoms with Crippen molar-refractivity contribution < 1.29 is 24.2 Å². The van der Waals surface area contributed by atoms with Gasteiger partial charge in [-0.25, -0.2) is 4.79 Å². The van der Waals surface area contributed by atoms with Crippen molar-refractivity contribution in [2.24, 2.45) is 0 Å². The number of aliphatic hydroxyl groups is 1. The summed E-state index contributed by atoms with van der Waals surface area (Å²) in [5, 5.41) is 15.3. The normalized spacial score (nSPS) is 13.9. The number of alkyl carbamates (subject to hydrolysis) is 1. The van der Waals surface area contributed by atoms with Crippen LogP contribution in [0.5, 0.6) is 0 Å². The van der Waals surface area contributed by atoms with E-state index in [1.165, 1.54) is 11.0 Å². The highest BCUT2D eigenvalue weighted by Gasteiger charge is 2.36. The molecule has 0 saturated carbocycles. The molecule has 0 spiro atoms. The van der Waals surface area contributed by atoms with E-state index in [0.29, 0.717) is 5.56 Å². The van der Waals surface area contributed by atoms with Gasteiger partial charge in [-0.05, 0) is 53.5 Å². The molecule has 8 nitrogen and oxygen atoms in total. The summed E-state index contributed by atoms with van der Waals surface area (Å²) >= 11 is 0. The minimum atomic E-state index is -1.29. The lowest BCUT2D eigenvalue weighted by atomic mass is 9.98. The van der Waals surface area contributed by atoms with Crippen LogP contribution in [0, 0.1) is 13.8 Å². The smallest absolute Gasteiger partial charge is 0.408 e. The van der Waals surface area contributed by atoms with Crippen molar-refractivity contribution >= 4 is 17.9 Å². The number of nitrogens with zero attached hydrogens (tertiary/aromatic N) is 1. The lowest BCUT2D eigenvalue weighted by Gasteiger charge is -2.34. The molecule has 8 heteroatoms. The molecule has 0 aliphatic heterocycles. The third-order valence-corrected chi connectivity index (χ3v) is 5.01. The van der Waals surface area contributed by atoms with E-state index in [1.807, 2.05) is 45.9 Å². The van der Waals surface area contributed by atoms with Crippen LogP contribution in [0.3, 0.4) is 0 Å². The summed E-state index contributed by atoms with van der Waals surface area (Å²) in [6, 6.07) is 3.36. The number of aliphatic hydroxyl groups excluding tert-OH is 1. The Labute approximate surface area is 203 Å². The monoisotopic (exact) mass is 475 g/mol. The molecular weight excluding hydrogens is 434 g/mol. The summed E-state index contributed by atoms with van der Waals surface area (Å²) in [5.74, 6) is -0.953. The summed E-state index contributed by atoms with van der Waals surface area (Å²) in [6.45, 7) is 16.0. The Balaban J connectivity index is 3.40. The van der Waals surface area contributed by atoms with Crippen LogP contribution >= 0.6 is 0 Å². The van der Waals surface area contributed by atoms with Gasteiger partial charge in [-0.1, -0.05) is 48.7 Å². The van der Waals surface area contributed by atoms with Crippen LogP contribution in [0.15, 0.2) is 30.9 Å². The summed E-state index contributed by atoms with van der Waals surface area (Å²) in [4.78, 5) is 40.6. The molecule has 0 heterocycles. The van der Waals surface area contributed by atoms with Gasteiger partial charge in [0.15, 0.2) is 0 Å². The second kappa shape index (κ2) is 13.1. The fourth-order valence-corrected chi connectivity index (χ4v) is 3.76. The van der Waals surface area contributed by atoms with Crippen molar-refractivity contribution in [2.75, 3.05) is 13.2 Å². The van der Waals surface area contributed by atoms with Crippen LogP contribution in [0.25, 0.3) is 0 Å². The van der Waals surface area contributed by atoms with E-state index in [9.17, 15) is 19.5 Å². The first-order chi connectivity index (χ1) is 15.8. The third kappa shape index (κ3) is 9.17. The molecule has 0 fully saturated rings. The number of aryl methyl sites for hydroxylation is 2. The van der Waals surface area contributed by atoms with E-state index in [0.717, 1.165) is 24.0 Å². The first kappa shape index (κ1) is 29.2. The first-order valence-corrected chi connectivity index (χ1v) is 11.7. The molecule has 0 radical (unpaired) electrons. The second-order valence-corrected chi connectivity index (χ2v) is 9.68. The number of hydrogen-bond donors (Lipinski definition) is 3. The number of nitrogens with one attached hydrogen (secondary N) is 2. The number of benzene rings is 1. The zero-order valence-electron chi connectivity index (χ0n) is 21.6. The average molecular weight is 476 g/mol. The van der Waals surface area contributed by atoms with Gasteiger partial charge in [0.25, 0.3) is 0 Å². The lowest BCUT2D eigenvalue weighted by molar-refractivity contribution is -0.142. The van der Waals surface area contributed by atoms with Gasteiger partial charge in [-0.2, -0.15) is 0 Å². The van der Waals surface area contributed by atoms with Crippen LogP contribution in [0.2, 0.25) is 0 Å². The highest BCUT2D eigenvalue weighted by atomic mass is 16.6. The SMILES string of the molecule is C=CCN(C(=O)C(CO)NC(=O)OC(C)(C)C)C(C(=O)NC(C)CCC)c1cc(C)cc(C)c1. The van der Waals surface area contributed by atoms with Crippen molar-refractivity contribution in [1.82, 2.24) is 15.5 Å².